The number of aromatic nitrogens is 1. The second-order valence-electron chi connectivity index (χ2n) is 4.23. The second kappa shape index (κ2) is 3.34. The predicted molar refractivity (Wildman–Crippen MR) is 52.3 cm³/mol. The Bertz CT molecular complexity index is 351. The Morgan fingerprint density at radius 1 is 1.47 bits per heavy atom. The molecule has 1 N–H and O–H groups in total. The normalized spacial score (nSPS) is 29.5. The predicted octanol–water partition coefficient (Wildman–Crippen LogP) is -0.0340. The van der Waals surface area contributed by atoms with E-state index < -0.39 is 0 Å². The van der Waals surface area contributed by atoms with E-state index in [2.05, 4.69) is 10.3 Å². The summed E-state index contributed by atoms with van der Waals surface area (Å²) in [6, 6.07) is 0. The Morgan fingerprint density at radius 3 is 2.80 bits per heavy atom. The molecule has 1 amide bonds. The summed E-state index contributed by atoms with van der Waals surface area (Å²) in [5, 5.41) is 3.34. The van der Waals surface area contributed by atoms with E-state index in [0.29, 0.717) is 11.8 Å². The molecule has 5 heteroatoms. The maximum Gasteiger partial charge on any atom is 0.309 e. The SMILES string of the molecule is O=C(c1ncco1)N1CC2CNCC2C1. The minimum absolute atomic E-state index is 0.0746. The van der Waals surface area contributed by atoms with Gasteiger partial charge < -0.3 is 14.6 Å². The van der Waals surface area contributed by atoms with Crippen molar-refractivity contribution in [1.82, 2.24) is 15.2 Å². The van der Waals surface area contributed by atoms with Gasteiger partial charge in [0.1, 0.15) is 6.26 Å². The van der Waals surface area contributed by atoms with E-state index in [1.54, 1.807) is 0 Å². The number of carbonyl (C=O) groups is 1. The first-order chi connectivity index (χ1) is 7.34. The zero-order chi connectivity index (χ0) is 10.3. The van der Waals surface area contributed by atoms with E-state index in [1.807, 2.05) is 4.90 Å². The van der Waals surface area contributed by atoms with Crippen LogP contribution in [0.1, 0.15) is 10.7 Å². The summed E-state index contributed by atoms with van der Waals surface area (Å²) in [4.78, 5) is 17.6. The smallest absolute Gasteiger partial charge is 0.309 e. The van der Waals surface area contributed by atoms with Crippen LogP contribution in [-0.4, -0.2) is 42.0 Å². The molecule has 2 atom stereocenters. The van der Waals surface area contributed by atoms with Crippen LogP contribution in [0.2, 0.25) is 0 Å². The fraction of sp³-hybridized carbons (Fsp3) is 0.600. The largest absolute Gasteiger partial charge is 0.441 e. The average molecular weight is 207 g/mol. The van der Waals surface area contributed by atoms with Gasteiger partial charge in [0.2, 0.25) is 0 Å². The molecule has 2 aliphatic rings. The first-order valence-electron chi connectivity index (χ1n) is 5.24. The van der Waals surface area contributed by atoms with Crippen molar-refractivity contribution in [1.29, 1.82) is 0 Å². The first kappa shape index (κ1) is 8.91. The van der Waals surface area contributed by atoms with Crippen molar-refractivity contribution in [2.45, 2.75) is 0 Å². The Balaban J connectivity index is 1.72. The molecular formula is C10H13N3O2. The van der Waals surface area contributed by atoms with Crippen LogP contribution in [0.3, 0.4) is 0 Å². The van der Waals surface area contributed by atoms with Crippen LogP contribution in [0.15, 0.2) is 16.9 Å². The quantitative estimate of drug-likeness (QED) is 0.702. The van der Waals surface area contributed by atoms with Gasteiger partial charge in [-0.05, 0) is 11.8 Å². The number of carbonyl (C=O) groups excluding carboxylic acids is 1. The molecular weight excluding hydrogens is 194 g/mol. The Kier molecular flexibility index (Phi) is 1.98. The fourth-order valence-corrected chi connectivity index (χ4v) is 2.49. The number of rotatable bonds is 1. The molecule has 0 bridgehead atoms. The summed E-state index contributed by atoms with van der Waals surface area (Å²) in [7, 11) is 0. The topological polar surface area (TPSA) is 58.4 Å². The molecule has 0 aromatic carbocycles. The van der Waals surface area contributed by atoms with Gasteiger partial charge >= 0.3 is 5.91 Å². The lowest BCUT2D eigenvalue weighted by Crippen LogP contribution is -2.32. The molecule has 3 heterocycles. The van der Waals surface area contributed by atoms with E-state index in [4.69, 9.17) is 4.42 Å². The van der Waals surface area contributed by atoms with Crippen molar-refractivity contribution >= 4 is 5.91 Å². The third kappa shape index (κ3) is 1.43. The number of hydrogen-bond acceptors (Lipinski definition) is 4. The lowest BCUT2D eigenvalue weighted by Gasteiger charge is -2.14. The van der Waals surface area contributed by atoms with Crippen LogP contribution in [0, 0.1) is 11.8 Å². The summed E-state index contributed by atoms with van der Waals surface area (Å²) >= 11 is 0. The highest BCUT2D eigenvalue weighted by Crippen LogP contribution is 2.27. The van der Waals surface area contributed by atoms with Gasteiger partial charge in [-0.3, -0.25) is 4.79 Å². The van der Waals surface area contributed by atoms with Gasteiger partial charge in [0, 0.05) is 26.2 Å². The zero-order valence-corrected chi connectivity index (χ0v) is 8.35. The minimum Gasteiger partial charge on any atom is -0.441 e. The molecule has 1 aromatic heterocycles. The van der Waals surface area contributed by atoms with Crippen LogP contribution < -0.4 is 5.32 Å². The van der Waals surface area contributed by atoms with E-state index in [1.165, 1.54) is 12.5 Å². The standard InChI is InChI=1S/C10H13N3O2/c14-10(9-12-1-2-15-9)13-5-7-3-11-4-8(7)6-13/h1-2,7-8,11H,3-6H2. The molecule has 2 fully saturated rings. The van der Waals surface area contributed by atoms with E-state index in [0.717, 1.165) is 26.2 Å². The summed E-state index contributed by atoms with van der Waals surface area (Å²) in [5.41, 5.74) is 0. The number of nitrogens with zero attached hydrogens (tertiary/aromatic N) is 2. The maximum absolute atomic E-state index is 11.9. The number of fused-ring (bicyclic) bond motifs is 1. The number of hydrogen-bond donors (Lipinski definition) is 1. The fourth-order valence-electron chi connectivity index (χ4n) is 2.49. The molecule has 2 saturated heterocycles. The summed E-state index contributed by atoms with van der Waals surface area (Å²) in [6.07, 6.45) is 2.94. The average Bonchev–Trinajstić information content (AvgIpc) is 2.92. The highest BCUT2D eigenvalue weighted by atomic mass is 16.4. The lowest BCUT2D eigenvalue weighted by atomic mass is 10.0. The van der Waals surface area contributed by atoms with Crippen LogP contribution in [0.5, 0.6) is 0 Å². The molecule has 0 saturated carbocycles. The summed E-state index contributed by atoms with van der Waals surface area (Å²) in [6.45, 7) is 3.72. The van der Waals surface area contributed by atoms with Gasteiger partial charge in [-0.15, -0.1) is 0 Å². The van der Waals surface area contributed by atoms with Crippen molar-refractivity contribution in [2.24, 2.45) is 11.8 Å². The number of oxazole rings is 1. The van der Waals surface area contributed by atoms with E-state index >= 15 is 0 Å². The van der Waals surface area contributed by atoms with Gasteiger partial charge in [-0.2, -0.15) is 0 Å². The Labute approximate surface area is 87.5 Å². The third-order valence-corrected chi connectivity index (χ3v) is 3.29. The molecule has 2 aliphatic heterocycles. The molecule has 80 valence electrons. The Morgan fingerprint density at radius 2 is 2.20 bits per heavy atom. The highest BCUT2D eigenvalue weighted by molar-refractivity contribution is 5.89. The minimum atomic E-state index is -0.0746. The molecule has 5 nitrogen and oxygen atoms in total. The van der Waals surface area contributed by atoms with Gasteiger partial charge in [0.25, 0.3) is 5.89 Å². The molecule has 0 aliphatic carbocycles. The van der Waals surface area contributed by atoms with Crippen molar-refractivity contribution in [2.75, 3.05) is 26.2 Å². The highest BCUT2D eigenvalue weighted by Gasteiger charge is 2.39. The van der Waals surface area contributed by atoms with Gasteiger partial charge in [0.15, 0.2) is 0 Å². The lowest BCUT2D eigenvalue weighted by molar-refractivity contribution is 0.0742. The number of amides is 1. The molecule has 1 aromatic rings. The molecule has 3 rings (SSSR count). The molecule has 0 spiro atoms. The third-order valence-electron chi connectivity index (χ3n) is 3.29. The van der Waals surface area contributed by atoms with E-state index in [-0.39, 0.29) is 11.8 Å². The van der Waals surface area contributed by atoms with Crippen LogP contribution in [0.4, 0.5) is 0 Å². The monoisotopic (exact) mass is 207 g/mol. The van der Waals surface area contributed by atoms with Crippen LogP contribution in [-0.2, 0) is 0 Å². The zero-order valence-electron chi connectivity index (χ0n) is 8.35. The van der Waals surface area contributed by atoms with Crippen molar-refractivity contribution in [3.05, 3.63) is 18.4 Å². The van der Waals surface area contributed by atoms with Crippen molar-refractivity contribution in [3.8, 4) is 0 Å². The van der Waals surface area contributed by atoms with Crippen molar-refractivity contribution < 1.29 is 9.21 Å². The van der Waals surface area contributed by atoms with Gasteiger partial charge in [0.05, 0.1) is 6.20 Å². The van der Waals surface area contributed by atoms with Crippen LogP contribution in [0.25, 0.3) is 0 Å². The van der Waals surface area contributed by atoms with Gasteiger partial charge in [-0.1, -0.05) is 0 Å². The summed E-state index contributed by atoms with van der Waals surface area (Å²) < 4.78 is 5.01. The number of nitrogens with one attached hydrogen (secondary N) is 1. The molecule has 0 radical (unpaired) electrons. The maximum atomic E-state index is 11.9. The van der Waals surface area contributed by atoms with Gasteiger partial charge in [-0.25, -0.2) is 4.98 Å². The van der Waals surface area contributed by atoms with Crippen molar-refractivity contribution in [3.63, 3.8) is 0 Å². The molecule has 2 unspecified atom stereocenters. The second-order valence-corrected chi connectivity index (χ2v) is 4.23. The summed E-state index contributed by atoms with van der Waals surface area (Å²) in [5.74, 6) is 1.37. The van der Waals surface area contributed by atoms with E-state index in [9.17, 15) is 4.79 Å². The number of likely N-dealkylation sites (tertiary alicyclic amines) is 1. The Hall–Kier alpha value is -1.36. The molecule has 15 heavy (non-hydrogen) atoms. The van der Waals surface area contributed by atoms with Crippen LogP contribution >= 0.6 is 0 Å². The first-order valence-corrected chi connectivity index (χ1v) is 5.24.